The van der Waals surface area contributed by atoms with Gasteiger partial charge in [0.25, 0.3) is 0 Å². The molecule has 0 atom stereocenters. The quantitative estimate of drug-likeness (QED) is 0.399. The number of ether oxygens (including phenoxy) is 1. The van der Waals surface area contributed by atoms with Gasteiger partial charge in [-0.25, -0.2) is 9.59 Å². The predicted molar refractivity (Wildman–Crippen MR) is 49.2 cm³/mol. The lowest BCUT2D eigenvalue weighted by Crippen LogP contribution is -2.00. The van der Waals surface area contributed by atoms with Crippen LogP contribution < -0.4 is 0 Å². The number of rotatable bonds is 2. The average Bonchev–Trinajstić information content (AvgIpc) is 2.26. The van der Waals surface area contributed by atoms with E-state index in [0.717, 1.165) is 0 Å². The van der Waals surface area contributed by atoms with Crippen LogP contribution in [0.25, 0.3) is 0 Å². The SMILES string of the molecule is C=C(C#N)C(=O)O.C=C(C#N)C(=O)OC. The normalized spacial score (nSPS) is 6.87. The predicted octanol–water partition coefficient (Wildman–Crippen LogP) is 0.390. The molecule has 0 aliphatic carbocycles. The standard InChI is InChI=1S/C5H5NO2.C4H3NO2/c1-4(3-6)5(7)8-2;1-3(2-5)4(6)7/h1H2,2H3;1H2,(H,6,7). The highest BCUT2D eigenvalue weighted by atomic mass is 16.5. The molecule has 0 fully saturated rings. The molecule has 0 saturated heterocycles. The fraction of sp³-hybridized carbons (Fsp3) is 0.111. The van der Waals surface area contributed by atoms with Gasteiger partial charge in [-0.3, -0.25) is 0 Å². The van der Waals surface area contributed by atoms with Crippen LogP contribution in [0, 0.1) is 22.7 Å². The fourth-order valence-corrected chi connectivity index (χ4v) is 0.217. The van der Waals surface area contributed by atoms with Crippen LogP contribution in [-0.4, -0.2) is 24.2 Å². The highest BCUT2D eigenvalue weighted by Gasteiger charge is 2.02. The van der Waals surface area contributed by atoms with Gasteiger partial charge in [-0.2, -0.15) is 10.5 Å². The van der Waals surface area contributed by atoms with E-state index in [1.54, 1.807) is 6.07 Å². The third kappa shape index (κ3) is 7.75. The monoisotopic (exact) mass is 208 g/mol. The molecule has 0 aliphatic heterocycles. The zero-order valence-electron chi connectivity index (χ0n) is 7.98. The van der Waals surface area contributed by atoms with Gasteiger partial charge in [0, 0.05) is 0 Å². The zero-order valence-corrected chi connectivity index (χ0v) is 7.98. The number of nitrogens with zero attached hydrogens (tertiary/aromatic N) is 2. The molecule has 0 aromatic rings. The molecular weight excluding hydrogens is 200 g/mol. The zero-order chi connectivity index (χ0) is 12.4. The fourth-order valence-electron chi connectivity index (χ4n) is 0.217. The van der Waals surface area contributed by atoms with Crippen molar-refractivity contribution in [3.8, 4) is 12.1 Å². The Hall–Kier alpha value is -2.60. The first-order valence-electron chi connectivity index (χ1n) is 3.40. The van der Waals surface area contributed by atoms with Crippen LogP contribution in [0.4, 0.5) is 0 Å². The molecule has 1 N–H and O–H groups in total. The highest BCUT2D eigenvalue weighted by Crippen LogP contribution is 1.87. The Labute approximate surface area is 86.3 Å². The number of carbonyl (C=O) groups is 2. The maximum absolute atomic E-state index is 10.2. The Morgan fingerprint density at radius 1 is 1.20 bits per heavy atom. The number of nitriles is 2. The maximum Gasteiger partial charge on any atom is 0.347 e. The molecule has 0 unspecified atom stereocenters. The van der Waals surface area contributed by atoms with Crippen LogP contribution in [0.3, 0.4) is 0 Å². The Bertz CT molecular complexity index is 371. The third-order valence-electron chi connectivity index (χ3n) is 0.960. The van der Waals surface area contributed by atoms with E-state index >= 15 is 0 Å². The molecule has 78 valence electrons. The van der Waals surface area contributed by atoms with E-state index in [9.17, 15) is 9.59 Å². The Balaban J connectivity index is 0. The van der Waals surface area contributed by atoms with Gasteiger partial charge in [0.2, 0.25) is 0 Å². The van der Waals surface area contributed by atoms with Gasteiger partial charge in [0.1, 0.15) is 23.3 Å². The van der Waals surface area contributed by atoms with E-state index in [1.807, 2.05) is 0 Å². The number of aliphatic carboxylic acids is 1. The van der Waals surface area contributed by atoms with E-state index in [1.165, 1.54) is 13.2 Å². The average molecular weight is 208 g/mol. The van der Waals surface area contributed by atoms with Crippen molar-refractivity contribution in [1.82, 2.24) is 0 Å². The lowest BCUT2D eigenvalue weighted by molar-refractivity contribution is -0.135. The largest absolute Gasteiger partial charge is 0.477 e. The molecule has 6 nitrogen and oxygen atoms in total. The Kier molecular flexibility index (Phi) is 7.97. The summed E-state index contributed by atoms with van der Waals surface area (Å²) in [6, 6.07) is 2.92. The summed E-state index contributed by atoms with van der Waals surface area (Å²) in [6.07, 6.45) is 0. The molecule has 0 aromatic heterocycles. The van der Waals surface area contributed by atoms with Gasteiger partial charge < -0.3 is 9.84 Å². The van der Waals surface area contributed by atoms with Crippen molar-refractivity contribution in [3.63, 3.8) is 0 Å². The van der Waals surface area contributed by atoms with Crippen molar-refractivity contribution >= 4 is 11.9 Å². The number of carbonyl (C=O) groups excluding carboxylic acids is 1. The first-order valence-corrected chi connectivity index (χ1v) is 3.40. The summed E-state index contributed by atoms with van der Waals surface area (Å²) in [5, 5.41) is 23.6. The van der Waals surface area contributed by atoms with E-state index in [2.05, 4.69) is 17.9 Å². The molecule has 6 heteroatoms. The summed E-state index contributed by atoms with van der Waals surface area (Å²) in [6.45, 7) is 6.02. The first-order chi connectivity index (χ1) is 6.90. The van der Waals surface area contributed by atoms with Crippen molar-refractivity contribution in [3.05, 3.63) is 24.3 Å². The molecule has 0 bridgehead atoms. The summed E-state index contributed by atoms with van der Waals surface area (Å²) in [4.78, 5) is 19.8. The molecular formula is C9H8N2O4. The van der Waals surface area contributed by atoms with Crippen molar-refractivity contribution in [2.45, 2.75) is 0 Å². The lowest BCUT2D eigenvalue weighted by Gasteiger charge is -1.89. The summed E-state index contributed by atoms with van der Waals surface area (Å²) in [5.41, 5.74) is -0.604. The van der Waals surface area contributed by atoms with Gasteiger partial charge in [-0.1, -0.05) is 13.2 Å². The molecule has 0 saturated carbocycles. The van der Waals surface area contributed by atoms with Gasteiger partial charge in [0.05, 0.1) is 7.11 Å². The number of carboxylic acids is 1. The van der Waals surface area contributed by atoms with Crippen LogP contribution in [0.5, 0.6) is 0 Å². The van der Waals surface area contributed by atoms with Crippen LogP contribution in [0.15, 0.2) is 24.3 Å². The second-order valence-corrected chi connectivity index (χ2v) is 1.98. The molecule has 0 heterocycles. The van der Waals surface area contributed by atoms with Crippen LogP contribution in [0.2, 0.25) is 0 Å². The smallest absolute Gasteiger partial charge is 0.347 e. The minimum Gasteiger partial charge on any atom is -0.477 e. The second kappa shape index (κ2) is 8.02. The number of hydrogen-bond acceptors (Lipinski definition) is 5. The van der Waals surface area contributed by atoms with E-state index in [4.69, 9.17) is 15.6 Å². The highest BCUT2D eigenvalue weighted by molar-refractivity contribution is 5.91. The van der Waals surface area contributed by atoms with Gasteiger partial charge in [-0.15, -0.1) is 0 Å². The van der Waals surface area contributed by atoms with Gasteiger partial charge in [0.15, 0.2) is 0 Å². The first kappa shape index (κ1) is 14.9. The Morgan fingerprint density at radius 3 is 1.67 bits per heavy atom. The third-order valence-corrected chi connectivity index (χ3v) is 0.960. The maximum atomic E-state index is 10.2. The molecule has 0 spiro atoms. The van der Waals surface area contributed by atoms with Crippen LogP contribution in [0.1, 0.15) is 0 Å². The summed E-state index contributed by atoms with van der Waals surface area (Å²) in [5.74, 6) is -1.94. The van der Waals surface area contributed by atoms with Gasteiger partial charge in [-0.05, 0) is 0 Å². The Morgan fingerprint density at radius 2 is 1.60 bits per heavy atom. The van der Waals surface area contributed by atoms with Crippen LogP contribution >= 0.6 is 0 Å². The minimum atomic E-state index is -1.26. The molecule has 15 heavy (non-hydrogen) atoms. The van der Waals surface area contributed by atoms with Crippen LogP contribution in [-0.2, 0) is 14.3 Å². The number of carboxylic acid groups (broad SMARTS) is 1. The number of esters is 1. The van der Waals surface area contributed by atoms with Crippen molar-refractivity contribution in [2.24, 2.45) is 0 Å². The summed E-state index contributed by atoms with van der Waals surface area (Å²) in [7, 11) is 1.20. The molecule has 0 aromatic carbocycles. The van der Waals surface area contributed by atoms with E-state index < -0.39 is 17.5 Å². The second-order valence-electron chi connectivity index (χ2n) is 1.98. The molecule has 0 amide bonds. The van der Waals surface area contributed by atoms with Crippen molar-refractivity contribution in [2.75, 3.05) is 7.11 Å². The summed E-state index contributed by atoms with van der Waals surface area (Å²) < 4.78 is 4.14. The van der Waals surface area contributed by atoms with E-state index in [-0.39, 0.29) is 5.57 Å². The van der Waals surface area contributed by atoms with E-state index in [0.29, 0.717) is 0 Å². The number of methoxy groups -OCH3 is 1. The molecule has 0 radical (unpaired) electrons. The molecule has 0 aliphatic rings. The lowest BCUT2D eigenvalue weighted by atomic mass is 10.3. The van der Waals surface area contributed by atoms with Crippen molar-refractivity contribution in [1.29, 1.82) is 10.5 Å². The topological polar surface area (TPSA) is 111 Å². The minimum absolute atomic E-state index is 0.174. The van der Waals surface area contributed by atoms with Crippen molar-refractivity contribution < 1.29 is 19.4 Å². The summed E-state index contributed by atoms with van der Waals surface area (Å²) >= 11 is 0. The van der Waals surface area contributed by atoms with Gasteiger partial charge >= 0.3 is 11.9 Å². The number of hydrogen-bond donors (Lipinski definition) is 1. The molecule has 0 rings (SSSR count).